The lowest BCUT2D eigenvalue weighted by molar-refractivity contribution is -0.137. The maximum Gasteiger partial charge on any atom is 0.303 e. The van der Waals surface area contributed by atoms with Gasteiger partial charge in [0.25, 0.3) is 0 Å². The van der Waals surface area contributed by atoms with Gasteiger partial charge in [0.15, 0.2) is 0 Å². The SMILES string of the molecule is O=C(O)CCCCCCCCCCCCCCC(=O)NCCOCCOCC(=O)NCCOCCOCC(=O)I. The fourth-order valence-corrected chi connectivity index (χ4v) is 3.97. The first-order valence-electron chi connectivity index (χ1n) is 14.7. The molecule has 12 heteroatoms. The summed E-state index contributed by atoms with van der Waals surface area (Å²) in [5.74, 6) is -0.885. The second-order valence-corrected chi connectivity index (χ2v) is 10.7. The minimum Gasteiger partial charge on any atom is -0.481 e. The van der Waals surface area contributed by atoms with E-state index in [0.717, 1.165) is 38.5 Å². The van der Waals surface area contributed by atoms with E-state index in [1.165, 1.54) is 38.5 Å². The molecule has 0 saturated carbocycles. The summed E-state index contributed by atoms with van der Waals surface area (Å²) >= 11 is 1.67. The molecule has 0 aliphatic carbocycles. The number of halogens is 1. The molecular formula is C28H51IN2O9. The van der Waals surface area contributed by atoms with Crippen molar-refractivity contribution in [2.45, 2.75) is 89.9 Å². The molecular weight excluding hydrogens is 635 g/mol. The molecule has 0 unspecified atom stereocenters. The summed E-state index contributed by atoms with van der Waals surface area (Å²) in [4.78, 5) is 44.7. The Kier molecular flexibility index (Phi) is 29.6. The van der Waals surface area contributed by atoms with Crippen molar-refractivity contribution in [3.8, 4) is 0 Å². The van der Waals surface area contributed by atoms with Crippen LogP contribution < -0.4 is 10.6 Å². The van der Waals surface area contributed by atoms with Gasteiger partial charge in [-0.05, 0) is 12.8 Å². The first-order chi connectivity index (χ1) is 19.4. The number of aliphatic carboxylic acids is 1. The number of nitrogens with one attached hydrogen (secondary N) is 2. The summed E-state index contributed by atoms with van der Waals surface area (Å²) in [6.45, 7) is 2.92. The van der Waals surface area contributed by atoms with E-state index in [4.69, 9.17) is 24.1 Å². The van der Waals surface area contributed by atoms with Crippen molar-refractivity contribution in [2.75, 3.05) is 65.9 Å². The predicted octanol–water partition coefficient (Wildman–Crippen LogP) is 3.79. The Balaban J connectivity index is 3.27. The standard InChI is InChI=1S/C28H51IN2O9/c29-25(32)23-39-21-19-38-18-16-31-27(34)24-40-22-20-37-17-15-30-26(33)13-11-9-7-5-3-1-2-4-6-8-10-12-14-28(35)36/h1-24H2,(H,30,33)(H,31,34)(H,35,36). The van der Waals surface area contributed by atoms with Gasteiger partial charge >= 0.3 is 5.97 Å². The van der Waals surface area contributed by atoms with Gasteiger partial charge in [-0.2, -0.15) is 0 Å². The third kappa shape index (κ3) is 32.9. The molecule has 40 heavy (non-hydrogen) atoms. The van der Waals surface area contributed by atoms with Crippen LogP contribution in [-0.2, 0) is 38.1 Å². The molecule has 11 nitrogen and oxygen atoms in total. The number of carboxylic acids is 1. The van der Waals surface area contributed by atoms with Crippen molar-refractivity contribution < 1.29 is 43.2 Å². The zero-order valence-electron chi connectivity index (χ0n) is 24.1. The van der Waals surface area contributed by atoms with Crippen LogP contribution in [0.15, 0.2) is 0 Å². The van der Waals surface area contributed by atoms with Crippen LogP contribution in [0, 0.1) is 0 Å². The van der Waals surface area contributed by atoms with Gasteiger partial charge in [-0.3, -0.25) is 19.2 Å². The van der Waals surface area contributed by atoms with Crippen molar-refractivity contribution in [2.24, 2.45) is 0 Å². The van der Waals surface area contributed by atoms with E-state index < -0.39 is 5.97 Å². The molecule has 0 heterocycles. The monoisotopic (exact) mass is 686 g/mol. The molecule has 0 spiro atoms. The second kappa shape index (κ2) is 30.6. The van der Waals surface area contributed by atoms with Gasteiger partial charge in [-0.1, -0.05) is 64.2 Å². The Hall–Kier alpha value is -1.35. The lowest BCUT2D eigenvalue weighted by Crippen LogP contribution is -2.31. The molecule has 0 aromatic heterocycles. The molecule has 0 aromatic carbocycles. The predicted molar refractivity (Wildman–Crippen MR) is 161 cm³/mol. The number of carbonyl (C=O) groups is 4. The highest BCUT2D eigenvalue weighted by molar-refractivity contribution is 14.1. The largest absolute Gasteiger partial charge is 0.481 e. The number of unbranched alkanes of at least 4 members (excludes halogenated alkanes) is 11. The van der Waals surface area contributed by atoms with Crippen molar-refractivity contribution >= 4 is 44.2 Å². The van der Waals surface area contributed by atoms with Gasteiger partial charge in [0.1, 0.15) is 13.2 Å². The normalized spacial score (nSPS) is 10.9. The second-order valence-electron chi connectivity index (χ2n) is 9.52. The van der Waals surface area contributed by atoms with Crippen molar-refractivity contribution in [3.05, 3.63) is 0 Å². The van der Waals surface area contributed by atoms with Crippen molar-refractivity contribution in [1.29, 1.82) is 0 Å². The van der Waals surface area contributed by atoms with Gasteiger partial charge in [0.2, 0.25) is 15.6 Å². The average molecular weight is 687 g/mol. The highest BCUT2D eigenvalue weighted by Gasteiger charge is 2.03. The van der Waals surface area contributed by atoms with Crippen LogP contribution in [0.5, 0.6) is 0 Å². The molecule has 0 aliphatic heterocycles. The third-order valence-corrected chi connectivity index (χ3v) is 6.19. The van der Waals surface area contributed by atoms with E-state index in [9.17, 15) is 19.2 Å². The molecule has 234 valence electrons. The van der Waals surface area contributed by atoms with Gasteiger partial charge in [0, 0.05) is 48.5 Å². The van der Waals surface area contributed by atoms with Crippen LogP contribution in [-0.4, -0.2) is 92.6 Å². The maximum atomic E-state index is 11.9. The lowest BCUT2D eigenvalue weighted by atomic mass is 10.0. The molecule has 2 amide bonds. The van der Waals surface area contributed by atoms with Crippen LogP contribution in [0.1, 0.15) is 89.9 Å². The zero-order chi connectivity index (χ0) is 29.5. The molecule has 3 N–H and O–H groups in total. The van der Waals surface area contributed by atoms with Crippen LogP contribution in [0.25, 0.3) is 0 Å². The summed E-state index contributed by atoms with van der Waals surface area (Å²) < 4.78 is 20.9. The molecule has 0 atom stereocenters. The average Bonchev–Trinajstić information content (AvgIpc) is 2.91. The fraction of sp³-hybridized carbons (Fsp3) is 0.857. The molecule has 0 rings (SSSR count). The summed E-state index contributed by atoms with van der Waals surface area (Å²) in [6.07, 6.45) is 14.3. The summed E-state index contributed by atoms with van der Waals surface area (Å²) in [7, 11) is 0. The minimum absolute atomic E-state index is 0.0483. The van der Waals surface area contributed by atoms with Crippen LogP contribution in [0.3, 0.4) is 0 Å². The number of amides is 2. The van der Waals surface area contributed by atoms with Gasteiger partial charge in [0.05, 0.1) is 39.6 Å². The number of rotatable bonds is 31. The van der Waals surface area contributed by atoms with Gasteiger partial charge < -0.3 is 34.7 Å². The molecule has 0 radical (unpaired) electrons. The zero-order valence-corrected chi connectivity index (χ0v) is 26.2. The summed E-state index contributed by atoms with van der Waals surface area (Å²) in [5.41, 5.74) is 0. The highest BCUT2D eigenvalue weighted by atomic mass is 127. The van der Waals surface area contributed by atoms with Gasteiger partial charge in [-0.25, -0.2) is 0 Å². The van der Waals surface area contributed by atoms with E-state index >= 15 is 0 Å². The molecule has 0 bridgehead atoms. The fourth-order valence-electron chi connectivity index (χ4n) is 3.75. The van der Waals surface area contributed by atoms with Crippen LogP contribution in [0.4, 0.5) is 0 Å². The first-order valence-corrected chi connectivity index (χ1v) is 15.7. The molecule has 0 aliphatic rings. The Morgan fingerprint density at radius 1 is 0.500 bits per heavy atom. The number of carbonyl (C=O) groups excluding carboxylic acids is 3. The summed E-state index contributed by atoms with van der Waals surface area (Å²) in [5, 5.41) is 14.1. The van der Waals surface area contributed by atoms with Gasteiger partial charge in [-0.15, -0.1) is 0 Å². The molecule has 0 fully saturated rings. The van der Waals surface area contributed by atoms with Crippen LogP contribution in [0.2, 0.25) is 0 Å². The topological polar surface area (TPSA) is 149 Å². The Morgan fingerprint density at radius 3 is 1.38 bits per heavy atom. The first kappa shape index (κ1) is 38.6. The highest BCUT2D eigenvalue weighted by Crippen LogP contribution is 2.13. The maximum absolute atomic E-state index is 11.9. The molecule has 0 aromatic rings. The van der Waals surface area contributed by atoms with Crippen LogP contribution >= 0.6 is 22.6 Å². The molecule has 0 saturated heterocycles. The van der Waals surface area contributed by atoms with E-state index in [2.05, 4.69) is 10.6 Å². The Morgan fingerprint density at radius 2 is 0.900 bits per heavy atom. The summed E-state index contributed by atoms with van der Waals surface area (Å²) in [6, 6.07) is 0. The van der Waals surface area contributed by atoms with E-state index in [1.54, 1.807) is 22.6 Å². The lowest BCUT2D eigenvalue weighted by Gasteiger charge is -2.08. The Bertz CT molecular complexity index is 653. The number of ether oxygens (including phenoxy) is 4. The quantitative estimate of drug-likeness (QED) is 0.0563. The van der Waals surface area contributed by atoms with E-state index in [0.29, 0.717) is 65.6 Å². The van der Waals surface area contributed by atoms with Crippen molar-refractivity contribution in [3.63, 3.8) is 0 Å². The van der Waals surface area contributed by atoms with Crippen molar-refractivity contribution in [1.82, 2.24) is 10.6 Å². The number of hydrogen-bond donors (Lipinski definition) is 3. The van der Waals surface area contributed by atoms with E-state index in [-0.39, 0.29) is 28.8 Å². The third-order valence-electron chi connectivity index (χ3n) is 5.87. The smallest absolute Gasteiger partial charge is 0.303 e. The van der Waals surface area contributed by atoms with E-state index in [1.807, 2.05) is 0 Å². The number of hydrogen-bond acceptors (Lipinski definition) is 8. The number of carboxylic acid groups (broad SMARTS) is 1. The Labute approximate surface area is 253 Å². The minimum atomic E-state index is -0.698.